The lowest BCUT2D eigenvalue weighted by molar-refractivity contribution is -0.119. The Kier molecular flexibility index (Phi) is 5.46. The second kappa shape index (κ2) is 7.84. The van der Waals surface area contributed by atoms with E-state index in [0.29, 0.717) is 21.8 Å². The predicted octanol–water partition coefficient (Wildman–Crippen LogP) is 4.26. The van der Waals surface area contributed by atoms with Crippen molar-refractivity contribution in [3.8, 4) is 5.69 Å². The molecule has 144 valence electrons. The number of aryl methyl sites for hydroxylation is 1. The van der Waals surface area contributed by atoms with Crippen LogP contribution < -0.4 is 5.32 Å². The molecule has 0 radical (unpaired) electrons. The van der Waals surface area contributed by atoms with Crippen LogP contribution in [-0.2, 0) is 4.79 Å². The number of amides is 1. The first-order valence-corrected chi connectivity index (χ1v) is 11.0. The van der Waals surface area contributed by atoms with Crippen LogP contribution in [0.5, 0.6) is 0 Å². The van der Waals surface area contributed by atoms with Gasteiger partial charge in [0.05, 0.1) is 11.4 Å². The Morgan fingerprint density at radius 3 is 2.96 bits per heavy atom. The summed E-state index contributed by atoms with van der Waals surface area (Å²) in [5.41, 5.74) is 1.92. The average Bonchev–Trinajstić information content (AvgIpc) is 3.38. The lowest BCUT2D eigenvalue weighted by Gasteiger charge is -2.28. The van der Waals surface area contributed by atoms with E-state index >= 15 is 0 Å². The molecular weight excluding hydrogens is 380 g/mol. The average molecular weight is 405 g/mol. The van der Waals surface area contributed by atoms with Crippen LogP contribution >= 0.6 is 23.4 Å². The molecule has 0 saturated heterocycles. The van der Waals surface area contributed by atoms with E-state index < -0.39 is 0 Å². The Morgan fingerprint density at radius 1 is 1.41 bits per heavy atom. The molecule has 2 aliphatic rings. The number of hydrogen-bond donors (Lipinski definition) is 1. The summed E-state index contributed by atoms with van der Waals surface area (Å²) in [5, 5.41) is 12.8. The minimum atomic E-state index is 0.0618. The third kappa shape index (κ3) is 4.02. The molecule has 2 aliphatic carbocycles. The van der Waals surface area contributed by atoms with Gasteiger partial charge in [0.1, 0.15) is 6.33 Å². The van der Waals surface area contributed by atoms with E-state index in [9.17, 15) is 4.79 Å². The molecular formula is C20H25ClN4OS. The third-order valence-corrected chi connectivity index (χ3v) is 7.46. The van der Waals surface area contributed by atoms with Gasteiger partial charge in [-0.15, -0.1) is 10.2 Å². The molecule has 2 saturated carbocycles. The highest BCUT2D eigenvalue weighted by molar-refractivity contribution is 7.99. The van der Waals surface area contributed by atoms with Gasteiger partial charge in [0.15, 0.2) is 5.16 Å². The number of aromatic nitrogens is 3. The zero-order valence-electron chi connectivity index (χ0n) is 15.7. The fraction of sp³-hybridized carbons (Fsp3) is 0.550. The van der Waals surface area contributed by atoms with E-state index in [1.807, 2.05) is 29.7 Å². The number of hydrogen-bond acceptors (Lipinski definition) is 4. The lowest BCUT2D eigenvalue weighted by atomic mass is 9.84. The fourth-order valence-corrected chi connectivity index (χ4v) is 5.59. The standard InChI is InChI=1S/C20H25ClN4OS/c1-12-3-6-16(9-18(12)21)25-11-22-24-20(25)27-10-19(26)23-13(2)17-8-14-4-5-15(17)7-14/h3,6,9,11,13-15,17H,4-5,7-8,10H2,1-2H3,(H,23,26). The summed E-state index contributed by atoms with van der Waals surface area (Å²) in [5.74, 6) is 2.76. The number of thioether (sulfide) groups is 1. The quantitative estimate of drug-likeness (QED) is 0.730. The minimum Gasteiger partial charge on any atom is -0.353 e. The molecule has 5 nitrogen and oxygen atoms in total. The van der Waals surface area contributed by atoms with Crippen LogP contribution in [0.25, 0.3) is 5.69 Å². The van der Waals surface area contributed by atoms with E-state index in [-0.39, 0.29) is 11.9 Å². The van der Waals surface area contributed by atoms with Gasteiger partial charge < -0.3 is 5.32 Å². The second-order valence-electron chi connectivity index (χ2n) is 7.90. The molecule has 7 heteroatoms. The second-order valence-corrected chi connectivity index (χ2v) is 9.25. The molecule has 4 atom stereocenters. The van der Waals surface area contributed by atoms with Gasteiger partial charge in [0, 0.05) is 11.1 Å². The molecule has 1 aromatic heterocycles. The highest BCUT2D eigenvalue weighted by atomic mass is 35.5. The van der Waals surface area contributed by atoms with E-state index in [1.54, 1.807) is 6.33 Å². The molecule has 2 aromatic rings. The fourth-order valence-electron chi connectivity index (χ4n) is 4.67. The maximum atomic E-state index is 12.4. The van der Waals surface area contributed by atoms with Crippen LogP contribution in [-0.4, -0.2) is 32.5 Å². The van der Waals surface area contributed by atoms with Crippen molar-refractivity contribution in [2.45, 2.75) is 50.7 Å². The highest BCUT2D eigenvalue weighted by Gasteiger charge is 2.42. The topological polar surface area (TPSA) is 59.8 Å². The van der Waals surface area contributed by atoms with Crippen molar-refractivity contribution in [1.82, 2.24) is 20.1 Å². The first-order chi connectivity index (χ1) is 13.0. The summed E-state index contributed by atoms with van der Waals surface area (Å²) >= 11 is 7.63. The molecule has 2 fully saturated rings. The van der Waals surface area contributed by atoms with Crippen molar-refractivity contribution in [1.29, 1.82) is 0 Å². The van der Waals surface area contributed by atoms with Crippen LogP contribution in [0, 0.1) is 24.7 Å². The Morgan fingerprint density at radius 2 is 2.26 bits per heavy atom. The van der Waals surface area contributed by atoms with Gasteiger partial charge in [-0.25, -0.2) is 0 Å². The Hall–Kier alpha value is -1.53. The number of carbonyl (C=O) groups is 1. The molecule has 0 spiro atoms. The van der Waals surface area contributed by atoms with Gasteiger partial charge in [0.2, 0.25) is 5.91 Å². The SMILES string of the molecule is Cc1ccc(-n2cnnc2SCC(=O)NC(C)C2CC3CCC2C3)cc1Cl. The number of rotatable bonds is 6. The third-order valence-electron chi connectivity index (χ3n) is 6.11. The van der Waals surface area contributed by atoms with Gasteiger partial charge >= 0.3 is 0 Å². The van der Waals surface area contributed by atoms with Crippen LogP contribution in [0.4, 0.5) is 0 Å². The van der Waals surface area contributed by atoms with E-state index in [1.165, 1.54) is 37.4 Å². The largest absolute Gasteiger partial charge is 0.353 e. The lowest BCUT2D eigenvalue weighted by Crippen LogP contribution is -2.40. The first-order valence-electron chi connectivity index (χ1n) is 9.60. The molecule has 2 bridgehead atoms. The molecule has 4 rings (SSSR count). The van der Waals surface area contributed by atoms with Crippen molar-refractivity contribution in [2.75, 3.05) is 5.75 Å². The molecule has 1 amide bonds. The first kappa shape index (κ1) is 18.8. The zero-order chi connectivity index (χ0) is 19.0. The summed E-state index contributed by atoms with van der Waals surface area (Å²) in [6, 6.07) is 6.09. The number of nitrogens with zero attached hydrogens (tertiary/aromatic N) is 3. The summed E-state index contributed by atoms with van der Waals surface area (Å²) in [7, 11) is 0. The van der Waals surface area contributed by atoms with Crippen molar-refractivity contribution in [3.63, 3.8) is 0 Å². The van der Waals surface area contributed by atoms with Gasteiger partial charge in [-0.3, -0.25) is 9.36 Å². The summed E-state index contributed by atoms with van der Waals surface area (Å²) < 4.78 is 1.86. The summed E-state index contributed by atoms with van der Waals surface area (Å²) in [6.07, 6.45) is 7.02. The van der Waals surface area contributed by atoms with Crippen LogP contribution in [0.2, 0.25) is 5.02 Å². The Labute approximate surface area is 169 Å². The van der Waals surface area contributed by atoms with E-state index in [4.69, 9.17) is 11.6 Å². The number of carbonyl (C=O) groups excluding carboxylic acids is 1. The molecule has 1 N–H and O–H groups in total. The van der Waals surface area contributed by atoms with Gasteiger partial charge in [-0.2, -0.15) is 0 Å². The predicted molar refractivity (Wildman–Crippen MR) is 108 cm³/mol. The van der Waals surface area contributed by atoms with Crippen LogP contribution in [0.15, 0.2) is 29.7 Å². The Bertz CT molecular complexity index is 839. The highest BCUT2D eigenvalue weighted by Crippen LogP contribution is 2.49. The maximum absolute atomic E-state index is 12.4. The number of nitrogens with one attached hydrogen (secondary N) is 1. The monoisotopic (exact) mass is 404 g/mol. The minimum absolute atomic E-state index is 0.0618. The van der Waals surface area contributed by atoms with Crippen LogP contribution in [0.3, 0.4) is 0 Å². The van der Waals surface area contributed by atoms with Gasteiger partial charge in [0.25, 0.3) is 0 Å². The number of benzene rings is 1. The summed E-state index contributed by atoms with van der Waals surface area (Å²) in [4.78, 5) is 12.4. The van der Waals surface area contributed by atoms with Crippen LogP contribution in [0.1, 0.15) is 38.2 Å². The molecule has 27 heavy (non-hydrogen) atoms. The van der Waals surface area contributed by atoms with Crippen molar-refractivity contribution in [3.05, 3.63) is 35.1 Å². The van der Waals surface area contributed by atoms with Gasteiger partial charge in [-0.1, -0.05) is 35.9 Å². The van der Waals surface area contributed by atoms with E-state index in [0.717, 1.165) is 23.1 Å². The smallest absolute Gasteiger partial charge is 0.230 e. The van der Waals surface area contributed by atoms with Gasteiger partial charge in [-0.05, 0) is 68.6 Å². The molecule has 4 unspecified atom stereocenters. The Balaban J connectivity index is 1.34. The summed E-state index contributed by atoms with van der Waals surface area (Å²) in [6.45, 7) is 4.13. The zero-order valence-corrected chi connectivity index (χ0v) is 17.3. The van der Waals surface area contributed by atoms with Crippen molar-refractivity contribution < 1.29 is 4.79 Å². The number of fused-ring (bicyclic) bond motifs is 2. The number of halogens is 1. The normalized spacial score (nSPS) is 24.9. The molecule has 1 aromatic carbocycles. The maximum Gasteiger partial charge on any atom is 0.230 e. The molecule has 0 aliphatic heterocycles. The van der Waals surface area contributed by atoms with Crippen molar-refractivity contribution >= 4 is 29.3 Å². The van der Waals surface area contributed by atoms with Crippen molar-refractivity contribution in [2.24, 2.45) is 17.8 Å². The molecule has 1 heterocycles. The van der Waals surface area contributed by atoms with E-state index in [2.05, 4.69) is 22.4 Å².